The van der Waals surface area contributed by atoms with Crippen LogP contribution >= 0.6 is 11.6 Å². The van der Waals surface area contributed by atoms with Gasteiger partial charge >= 0.3 is 5.97 Å². The van der Waals surface area contributed by atoms with Crippen LogP contribution in [-0.4, -0.2) is 69.2 Å². The molecular weight excluding hydrogens is 483 g/mol. The van der Waals surface area contributed by atoms with Gasteiger partial charge in [-0.05, 0) is 55.5 Å². The van der Waals surface area contributed by atoms with Crippen LogP contribution in [0.5, 0.6) is 5.75 Å². The number of azo groups is 1. The van der Waals surface area contributed by atoms with E-state index in [0.29, 0.717) is 16.4 Å². The fourth-order valence-corrected chi connectivity index (χ4v) is 3.47. The Bertz CT molecular complexity index is 1370. The number of halogens is 1. The van der Waals surface area contributed by atoms with Crippen LogP contribution in [0, 0.1) is 0 Å². The number of amides is 1. The summed E-state index contributed by atoms with van der Waals surface area (Å²) in [5.41, 5.74) is 0.811. The van der Waals surface area contributed by atoms with Gasteiger partial charge in [0.1, 0.15) is 11.4 Å². The summed E-state index contributed by atoms with van der Waals surface area (Å²) >= 11 is 5.89. The monoisotopic (exact) mass is 499 g/mol. The maximum atomic E-state index is 12.9. The van der Waals surface area contributed by atoms with Crippen LogP contribution in [0.15, 0.2) is 82.1 Å². The van der Waals surface area contributed by atoms with E-state index >= 15 is 0 Å². The Morgan fingerprint density at radius 3 is 2.34 bits per heavy atom. The van der Waals surface area contributed by atoms with Crippen molar-refractivity contribution < 1.29 is 24.6 Å². The molecule has 171 valence electrons. The average Bonchev–Trinajstić information content (AvgIpc) is 3.11. The van der Waals surface area contributed by atoms with Gasteiger partial charge in [-0.15, -0.1) is 0 Å². The third-order valence-corrected chi connectivity index (χ3v) is 5.34. The second-order valence-corrected chi connectivity index (χ2v) is 7.81. The summed E-state index contributed by atoms with van der Waals surface area (Å²) in [4.78, 5) is 37.2. The van der Waals surface area contributed by atoms with Gasteiger partial charge in [-0.3, -0.25) is 9.59 Å². The van der Waals surface area contributed by atoms with Crippen LogP contribution in [0.4, 0.5) is 11.4 Å². The van der Waals surface area contributed by atoms with Crippen molar-refractivity contribution >= 4 is 75.9 Å². The molecule has 1 aliphatic heterocycles. The molecule has 9 nitrogen and oxygen atoms in total. The van der Waals surface area contributed by atoms with E-state index in [1.165, 1.54) is 41.4 Å². The summed E-state index contributed by atoms with van der Waals surface area (Å²) < 4.78 is 0. The molecule has 2 N–H and O–H groups in total. The largest absolute Gasteiger partial charge is 0.506 e. The first kappa shape index (κ1) is 26.2. The second-order valence-electron chi connectivity index (χ2n) is 7.37. The number of hydrogen-bond acceptors (Lipinski definition) is 7. The number of anilines is 1. The number of aromatic carboxylic acids is 1. The van der Waals surface area contributed by atoms with E-state index in [9.17, 15) is 24.6 Å². The fourth-order valence-electron chi connectivity index (χ4n) is 3.34. The molecule has 0 saturated carbocycles. The van der Waals surface area contributed by atoms with E-state index in [2.05, 4.69) is 15.3 Å². The van der Waals surface area contributed by atoms with Crippen molar-refractivity contribution in [3.8, 4) is 5.75 Å². The van der Waals surface area contributed by atoms with Crippen molar-refractivity contribution in [1.82, 2.24) is 0 Å². The predicted molar refractivity (Wildman–Crippen MR) is 131 cm³/mol. The molecule has 4 rings (SSSR count). The van der Waals surface area contributed by atoms with Crippen LogP contribution < -0.4 is 5.01 Å². The quantitative estimate of drug-likeness (QED) is 0.293. The number of hydrogen-bond donors (Lipinski definition) is 2. The third kappa shape index (κ3) is 5.49. The van der Waals surface area contributed by atoms with Crippen LogP contribution in [0.1, 0.15) is 33.2 Å². The Morgan fingerprint density at radius 2 is 1.69 bits per heavy atom. The molecule has 1 heterocycles. The Hall–Kier alpha value is -3.37. The van der Waals surface area contributed by atoms with Crippen molar-refractivity contribution in [3.05, 3.63) is 88.4 Å². The number of rotatable bonds is 6. The molecule has 1 atom stereocenters. The van der Waals surface area contributed by atoms with E-state index in [4.69, 9.17) is 11.6 Å². The van der Waals surface area contributed by atoms with Crippen molar-refractivity contribution in [2.24, 2.45) is 15.3 Å². The maximum absolute atomic E-state index is 12.9. The Kier molecular flexibility index (Phi) is 8.18. The molecule has 1 radical (unpaired) electrons. The molecule has 1 unspecified atom stereocenters. The summed E-state index contributed by atoms with van der Waals surface area (Å²) in [6.45, 7) is 1.63. The summed E-state index contributed by atoms with van der Waals surface area (Å²) in [7, 11) is 0. The average molecular weight is 500 g/mol. The standard InChI is InChI=1S/C24H17ClN4O5.Na/c1-13-21(23(32)29(28-13)16-9-7-15(25)8-10-16)27-26-19-12-14(6-11-20(19)30)22(31)17-4-2-3-5-18(17)24(33)34;/h2-12,21,30H,1H3,(H,33,34);. The zero-order valence-corrected chi connectivity index (χ0v) is 21.5. The molecular formula is C24H17ClN4NaO5. The zero-order valence-electron chi connectivity index (χ0n) is 18.7. The predicted octanol–water partition coefficient (Wildman–Crippen LogP) is 4.47. The SMILES string of the molecule is CC1=NN(c2ccc(Cl)cc2)C(=O)C1N=Nc1cc(C(=O)c2ccccc2C(=O)O)ccc1O.[Na]. The number of benzene rings is 3. The van der Waals surface area contributed by atoms with Gasteiger partial charge in [0.25, 0.3) is 5.91 Å². The summed E-state index contributed by atoms with van der Waals surface area (Å²) in [5, 5.41) is 33.5. The number of hydrazone groups is 1. The summed E-state index contributed by atoms with van der Waals surface area (Å²) in [6, 6.07) is 15.2. The number of phenolic OH excluding ortho intramolecular Hbond substituents is 1. The molecule has 35 heavy (non-hydrogen) atoms. The molecule has 3 aromatic carbocycles. The van der Waals surface area contributed by atoms with Crippen LogP contribution in [0.3, 0.4) is 0 Å². The van der Waals surface area contributed by atoms with Crippen molar-refractivity contribution in [1.29, 1.82) is 0 Å². The van der Waals surface area contributed by atoms with Gasteiger partial charge in [-0.1, -0.05) is 29.8 Å². The van der Waals surface area contributed by atoms with Crippen LogP contribution in [0.2, 0.25) is 5.02 Å². The zero-order chi connectivity index (χ0) is 24.4. The first-order valence-corrected chi connectivity index (χ1v) is 10.4. The van der Waals surface area contributed by atoms with Crippen molar-refractivity contribution in [3.63, 3.8) is 0 Å². The fraction of sp³-hybridized carbons (Fsp3) is 0.0833. The van der Waals surface area contributed by atoms with Crippen LogP contribution in [0.25, 0.3) is 0 Å². The van der Waals surface area contributed by atoms with Crippen molar-refractivity contribution in [2.75, 3.05) is 5.01 Å². The molecule has 0 aromatic heterocycles. The van der Waals surface area contributed by atoms with Gasteiger partial charge in [0.2, 0.25) is 0 Å². The van der Waals surface area contributed by atoms with Gasteiger partial charge in [0.05, 0.1) is 17.0 Å². The smallest absolute Gasteiger partial charge is 0.336 e. The Morgan fingerprint density at radius 1 is 1.03 bits per heavy atom. The normalized spacial score (nSPS) is 15.1. The van der Waals surface area contributed by atoms with Gasteiger partial charge in [0.15, 0.2) is 11.8 Å². The topological polar surface area (TPSA) is 132 Å². The van der Waals surface area contributed by atoms with Crippen LogP contribution in [-0.2, 0) is 4.79 Å². The van der Waals surface area contributed by atoms with Crippen molar-refractivity contribution in [2.45, 2.75) is 13.0 Å². The minimum atomic E-state index is -1.23. The van der Waals surface area contributed by atoms with E-state index in [1.54, 1.807) is 37.3 Å². The number of carbonyl (C=O) groups is 3. The van der Waals surface area contributed by atoms with Gasteiger partial charge in [-0.25, -0.2) is 4.79 Å². The first-order valence-electron chi connectivity index (χ1n) is 10.0. The number of ketones is 1. The summed E-state index contributed by atoms with van der Waals surface area (Å²) in [6.07, 6.45) is 0. The number of aromatic hydroxyl groups is 1. The number of phenols is 1. The molecule has 1 amide bonds. The molecule has 0 spiro atoms. The number of nitrogens with zero attached hydrogens (tertiary/aromatic N) is 4. The number of carboxylic acids is 1. The Labute approximate surface area is 227 Å². The van der Waals surface area contributed by atoms with E-state index in [1.807, 2.05) is 0 Å². The molecule has 0 bridgehead atoms. The van der Waals surface area contributed by atoms with Gasteiger partial charge in [-0.2, -0.15) is 20.3 Å². The van der Waals surface area contributed by atoms with Gasteiger partial charge < -0.3 is 10.2 Å². The second kappa shape index (κ2) is 10.9. The molecule has 11 heteroatoms. The van der Waals surface area contributed by atoms with E-state index in [-0.39, 0.29) is 57.7 Å². The maximum Gasteiger partial charge on any atom is 0.336 e. The minimum absolute atomic E-state index is 0. The molecule has 1 aliphatic rings. The Balaban J connectivity index is 0.00000342. The van der Waals surface area contributed by atoms with E-state index in [0.717, 1.165) is 0 Å². The first-order chi connectivity index (χ1) is 16.3. The number of carbonyl (C=O) groups excluding carboxylic acids is 2. The number of carboxylic acid groups (broad SMARTS) is 1. The summed E-state index contributed by atoms with van der Waals surface area (Å²) in [5.74, 6) is -2.49. The molecule has 0 fully saturated rings. The molecule has 0 aliphatic carbocycles. The van der Waals surface area contributed by atoms with E-state index < -0.39 is 23.7 Å². The van der Waals surface area contributed by atoms with Gasteiger partial charge in [0, 0.05) is 45.7 Å². The molecule has 3 aromatic rings. The molecule has 0 saturated heterocycles. The minimum Gasteiger partial charge on any atom is -0.506 e. The third-order valence-electron chi connectivity index (χ3n) is 5.09.